The van der Waals surface area contributed by atoms with Gasteiger partial charge in [-0.2, -0.15) is 5.10 Å². The lowest BCUT2D eigenvalue weighted by Crippen LogP contribution is -2.26. The van der Waals surface area contributed by atoms with Gasteiger partial charge in [0.15, 0.2) is 11.5 Å². The van der Waals surface area contributed by atoms with Crippen LogP contribution in [0.3, 0.4) is 0 Å². The minimum Gasteiger partial charge on any atom is -0.490 e. The van der Waals surface area contributed by atoms with Crippen LogP contribution in [0.2, 0.25) is 0 Å². The van der Waals surface area contributed by atoms with Crippen molar-refractivity contribution in [1.82, 2.24) is 5.43 Å². The fourth-order valence-electron chi connectivity index (χ4n) is 3.76. The zero-order valence-electron chi connectivity index (χ0n) is 19.9. The van der Waals surface area contributed by atoms with Gasteiger partial charge < -0.3 is 9.47 Å². The van der Waals surface area contributed by atoms with Gasteiger partial charge in [-0.1, -0.05) is 88.7 Å². The molecule has 6 heteroatoms. The van der Waals surface area contributed by atoms with Crippen molar-refractivity contribution in [1.29, 1.82) is 0 Å². The summed E-state index contributed by atoms with van der Waals surface area (Å²) in [4.78, 5) is 13.1. The van der Waals surface area contributed by atoms with E-state index in [0.717, 1.165) is 26.7 Å². The molecule has 4 rings (SSSR count). The number of hydrogen-bond donors (Lipinski definition) is 1. The van der Waals surface area contributed by atoms with Crippen molar-refractivity contribution in [3.8, 4) is 11.5 Å². The topological polar surface area (TPSA) is 59.9 Å². The van der Waals surface area contributed by atoms with Crippen molar-refractivity contribution in [2.75, 3.05) is 6.61 Å². The molecule has 0 radical (unpaired) electrons. The Hall–Kier alpha value is -3.90. The molecule has 1 N–H and O–H groups in total. The molecule has 0 fully saturated rings. The molecule has 0 aromatic heterocycles. The Labute approximate surface area is 219 Å². The lowest BCUT2D eigenvalue weighted by Gasteiger charge is -2.16. The van der Waals surface area contributed by atoms with E-state index in [-0.39, 0.29) is 5.91 Å². The first kappa shape index (κ1) is 25.2. The smallest absolute Gasteiger partial charge is 0.252 e. The molecule has 1 amide bonds. The zero-order chi connectivity index (χ0) is 25.2. The van der Waals surface area contributed by atoms with Crippen LogP contribution >= 0.6 is 15.9 Å². The Kier molecular flexibility index (Phi) is 8.89. The molecular weight excluding hydrogens is 516 g/mol. The second-order valence-electron chi connectivity index (χ2n) is 8.04. The number of hydrazone groups is 1. The predicted molar refractivity (Wildman–Crippen MR) is 147 cm³/mol. The van der Waals surface area contributed by atoms with Crippen LogP contribution in [0, 0.1) is 0 Å². The van der Waals surface area contributed by atoms with Gasteiger partial charge in [-0.3, -0.25) is 4.79 Å². The van der Waals surface area contributed by atoms with E-state index in [0.29, 0.717) is 24.7 Å². The molecule has 0 unspecified atom stereocenters. The van der Waals surface area contributed by atoms with Gasteiger partial charge in [0.25, 0.3) is 5.91 Å². The van der Waals surface area contributed by atoms with E-state index in [4.69, 9.17) is 9.47 Å². The number of nitrogens with one attached hydrogen (secondary N) is 1. The minimum absolute atomic E-state index is 0.205. The number of rotatable bonds is 10. The van der Waals surface area contributed by atoms with Gasteiger partial charge in [0, 0.05) is 4.47 Å². The average Bonchev–Trinajstić information content (AvgIpc) is 2.91. The van der Waals surface area contributed by atoms with Crippen molar-refractivity contribution in [3.63, 3.8) is 0 Å². The lowest BCUT2D eigenvalue weighted by molar-refractivity contribution is -0.121. The minimum atomic E-state index is -0.460. The van der Waals surface area contributed by atoms with Gasteiger partial charge in [-0.15, -0.1) is 0 Å². The summed E-state index contributed by atoms with van der Waals surface area (Å²) in [7, 11) is 0. The summed E-state index contributed by atoms with van der Waals surface area (Å²) in [5.74, 6) is 0.603. The van der Waals surface area contributed by atoms with E-state index >= 15 is 0 Å². The highest BCUT2D eigenvalue weighted by Gasteiger charge is 2.22. The number of carbonyl (C=O) groups is 1. The Bertz CT molecular complexity index is 1250. The molecule has 0 saturated heterocycles. The fraction of sp³-hybridized carbons (Fsp3) is 0.133. The van der Waals surface area contributed by atoms with Crippen LogP contribution < -0.4 is 14.9 Å². The molecule has 5 nitrogen and oxygen atoms in total. The Balaban J connectivity index is 1.45. The number of ether oxygens (including phenoxy) is 2. The molecule has 0 heterocycles. The number of benzene rings is 4. The maximum Gasteiger partial charge on any atom is 0.252 e. The molecule has 0 spiro atoms. The summed E-state index contributed by atoms with van der Waals surface area (Å²) < 4.78 is 12.8. The van der Waals surface area contributed by atoms with Crippen LogP contribution in [0.1, 0.15) is 35.1 Å². The maximum absolute atomic E-state index is 13.1. The third kappa shape index (κ3) is 6.83. The molecule has 36 heavy (non-hydrogen) atoms. The number of amides is 1. The van der Waals surface area contributed by atoms with E-state index in [1.54, 1.807) is 6.21 Å². The predicted octanol–water partition coefficient (Wildman–Crippen LogP) is 6.71. The largest absolute Gasteiger partial charge is 0.490 e. The highest BCUT2D eigenvalue weighted by molar-refractivity contribution is 9.10. The van der Waals surface area contributed by atoms with E-state index in [1.165, 1.54) is 0 Å². The normalized spacial score (nSPS) is 11.0. The maximum atomic E-state index is 13.1. The first-order valence-corrected chi connectivity index (χ1v) is 12.5. The first-order valence-electron chi connectivity index (χ1n) is 11.7. The average molecular weight is 543 g/mol. The number of hydrogen-bond acceptors (Lipinski definition) is 4. The molecule has 0 saturated carbocycles. The standard InChI is InChI=1S/C30H27BrN2O3/c1-2-35-28-19-23(15-18-27(28)36-21-22-13-16-26(31)17-14-22)20-32-33-30(34)29(24-9-5-3-6-10-24)25-11-7-4-8-12-25/h3-20,29H,2,21H2,1H3,(H,33,34)/b32-20+. The summed E-state index contributed by atoms with van der Waals surface area (Å²) in [5.41, 5.74) is 6.35. The van der Waals surface area contributed by atoms with Crippen molar-refractivity contribution in [2.24, 2.45) is 5.10 Å². The summed E-state index contributed by atoms with van der Waals surface area (Å²) >= 11 is 3.44. The zero-order valence-corrected chi connectivity index (χ0v) is 21.5. The summed E-state index contributed by atoms with van der Waals surface area (Å²) in [6, 6.07) is 32.9. The van der Waals surface area contributed by atoms with E-state index in [1.807, 2.05) is 110 Å². The Morgan fingerprint density at radius 3 is 2.11 bits per heavy atom. The third-order valence-electron chi connectivity index (χ3n) is 5.49. The van der Waals surface area contributed by atoms with E-state index < -0.39 is 5.92 Å². The molecular formula is C30H27BrN2O3. The van der Waals surface area contributed by atoms with Gasteiger partial charge in [0.05, 0.1) is 18.7 Å². The van der Waals surface area contributed by atoms with Crippen LogP contribution in [0.5, 0.6) is 11.5 Å². The van der Waals surface area contributed by atoms with E-state index in [2.05, 4.69) is 26.5 Å². The molecule has 0 aliphatic rings. The molecule has 4 aromatic carbocycles. The molecule has 0 aliphatic carbocycles. The second-order valence-corrected chi connectivity index (χ2v) is 8.96. The van der Waals surface area contributed by atoms with Crippen LogP contribution in [0.15, 0.2) is 113 Å². The lowest BCUT2D eigenvalue weighted by atomic mass is 9.91. The van der Waals surface area contributed by atoms with Crippen LogP contribution in [-0.2, 0) is 11.4 Å². The fourth-order valence-corrected chi connectivity index (χ4v) is 4.02. The summed E-state index contributed by atoms with van der Waals surface area (Å²) in [6.07, 6.45) is 1.60. The summed E-state index contributed by atoms with van der Waals surface area (Å²) in [5, 5.41) is 4.22. The number of nitrogens with zero attached hydrogens (tertiary/aromatic N) is 1. The van der Waals surface area contributed by atoms with Gasteiger partial charge in [-0.25, -0.2) is 5.43 Å². The quantitative estimate of drug-likeness (QED) is 0.179. The van der Waals surface area contributed by atoms with Crippen LogP contribution in [0.4, 0.5) is 0 Å². The highest BCUT2D eigenvalue weighted by Crippen LogP contribution is 2.29. The molecule has 0 aliphatic heterocycles. The van der Waals surface area contributed by atoms with Gasteiger partial charge >= 0.3 is 0 Å². The van der Waals surface area contributed by atoms with Crippen LogP contribution in [0.25, 0.3) is 0 Å². The molecule has 0 bridgehead atoms. The SMILES string of the molecule is CCOc1cc(/C=N/NC(=O)C(c2ccccc2)c2ccccc2)ccc1OCc1ccc(Br)cc1. The van der Waals surface area contributed by atoms with Crippen LogP contribution in [-0.4, -0.2) is 18.7 Å². The summed E-state index contributed by atoms with van der Waals surface area (Å²) in [6.45, 7) is 2.85. The van der Waals surface area contributed by atoms with Crippen molar-refractivity contribution in [2.45, 2.75) is 19.4 Å². The highest BCUT2D eigenvalue weighted by atomic mass is 79.9. The van der Waals surface area contributed by atoms with Crippen molar-refractivity contribution < 1.29 is 14.3 Å². The number of carbonyl (C=O) groups excluding carboxylic acids is 1. The van der Waals surface area contributed by atoms with Crippen molar-refractivity contribution >= 4 is 28.1 Å². The molecule has 4 aromatic rings. The van der Waals surface area contributed by atoms with Gasteiger partial charge in [0.2, 0.25) is 0 Å². The van der Waals surface area contributed by atoms with Crippen molar-refractivity contribution in [3.05, 3.63) is 130 Å². The third-order valence-corrected chi connectivity index (χ3v) is 6.02. The van der Waals surface area contributed by atoms with Gasteiger partial charge in [0.1, 0.15) is 6.61 Å². The number of halogens is 1. The van der Waals surface area contributed by atoms with E-state index in [9.17, 15) is 4.79 Å². The first-order chi connectivity index (χ1) is 17.6. The monoisotopic (exact) mass is 542 g/mol. The molecule has 182 valence electrons. The second kappa shape index (κ2) is 12.7. The Morgan fingerprint density at radius 2 is 1.50 bits per heavy atom. The molecule has 0 atom stereocenters. The Morgan fingerprint density at radius 1 is 0.861 bits per heavy atom. The van der Waals surface area contributed by atoms with Gasteiger partial charge in [-0.05, 0) is 59.5 Å².